The Morgan fingerprint density at radius 1 is 0.900 bits per heavy atom. The highest BCUT2D eigenvalue weighted by atomic mass is 16.5. The molecule has 0 spiro atoms. The van der Waals surface area contributed by atoms with Gasteiger partial charge < -0.3 is 19.9 Å². The topological polar surface area (TPSA) is 50.7 Å². The van der Waals surface area contributed by atoms with Crippen LogP contribution in [0.3, 0.4) is 0 Å². The molecular formula is C26H29NO3. The highest BCUT2D eigenvalue weighted by Gasteiger charge is 2.16. The standard InChI is InChI=1S/C26H29NO3/c1-3-10-20-15-16-24(25(17-20)29-2)30-19-23(28)18-27-26(21-11-6-4-7-12-21)22-13-8-5-9-14-22/h3-17,23,26-28H,18-19H2,1-2H3/b10-3-. The number of nitrogens with one attached hydrogen (secondary N) is 1. The molecule has 3 aromatic carbocycles. The lowest BCUT2D eigenvalue weighted by Crippen LogP contribution is -2.34. The van der Waals surface area contributed by atoms with Crippen molar-refractivity contribution in [1.82, 2.24) is 5.32 Å². The van der Waals surface area contributed by atoms with Crippen molar-refractivity contribution >= 4 is 6.08 Å². The first-order valence-electron chi connectivity index (χ1n) is 10.2. The first kappa shape index (κ1) is 21.6. The Kier molecular flexibility index (Phi) is 8.07. The average molecular weight is 404 g/mol. The molecule has 3 aromatic rings. The van der Waals surface area contributed by atoms with Crippen LogP contribution < -0.4 is 14.8 Å². The summed E-state index contributed by atoms with van der Waals surface area (Å²) in [5.74, 6) is 1.27. The Morgan fingerprint density at radius 2 is 1.53 bits per heavy atom. The van der Waals surface area contributed by atoms with Crippen LogP contribution in [0.4, 0.5) is 0 Å². The van der Waals surface area contributed by atoms with Gasteiger partial charge in [-0.1, -0.05) is 78.9 Å². The van der Waals surface area contributed by atoms with Gasteiger partial charge in [-0.25, -0.2) is 0 Å². The normalized spacial score (nSPS) is 12.3. The zero-order chi connectivity index (χ0) is 21.2. The molecule has 0 radical (unpaired) electrons. The number of allylic oxidation sites excluding steroid dienone is 1. The van der Waals surface area contributed by atoms with Gasteiger partial charge in [0.15, 0.2) is 11.5 Å². The van der Waals surface area contributed by atoms with Crippen molar-refractivity contribution in [1.29, 1.82) is 0 Å². The molecule has 0 aliphatic heterocycles. The van der Waals surface area contributed by atoms with E-state index < -0.39 is 6.10 Å². The molecule has 0 fully saturated rings. The molecule has 0 bridgehead atoms. The van der Waals surface area contributed by atoms with Gasteiger partial charge in [0.05, 0.1) is 13.2 Å². The lowest BCUT2D eigenvalue weighted by atomic mass is 9.98. The summed E-state index contributed by atoms with van der Waals surface area (Å²) < 4.78 is 11.2. The molecule has 1 unspecified atom stereocenters. The van der Waals surface area contributed by atoms with Crippen molar-refractivity contribution in [3.63, 3.8) is 0 Å². The largest absolute Gasteiger partial charge is 0.493 e. The fourth-order valence-electron chi connectivity index (χ4n) is 3.32. The van der Waals surface area contributed by atoms with Gasteiger partial charge in [-0.15, -0.1) is 0 Å². The van der Waals surface area contributed by atoms with Gasteiger partial charge in [-0.2, -0.15) is 0 Å². The maximum Gasteiger partial charge on any atom is 0.161 e. The monoisotopic (exact) mass is 403 g/mol. The fraction of sp³-hybridized carbons (Fsp3) is 0.231. The molecule has 0 aromatic heterocycles. The van der Waals surface area contributed by atoms with E-state index >= 15 is 0 Å². The summed E-state index contributed by atoms with van der Waals surface area (Å²) in [6.07, 6.45) is 3.30. The average Bonchev–Trinajstić information content (AvgIpc) is 2.80. The Hall–Kier alpha value is -3.08. The Bertz CT molecular complexity index is 886. The molecule has 0 saturated heterocycles. The second-order valence-corrected chi connectivity index (χ2v) is 7.04. The maximum absolute atomic E-state index is 10.5. The van der Waals surface area contributed by atoms with E-state index in [1.807, 2.05) is 73.7 Å². The van der Waals surface area contributed by atoms with E-state index in [1.54, 1.807) is 7.11 Å². The van der Waals surface area contributed by atoms with Crippen LogP contribution >= 0.6 is 0 Å². The third-order valence-corrected chi connectivity index (χ3v) is 4.80. The van der Waals surface area contributed by atoms with Crippen LogP contribution in [0.1, 0.15) is 29.7 Å². The molecule has 156 valence electrons. The first-order chi connectivity index (χ1) is 14.7. The van der Waals surface area contributed by atoms with Crippen molar-refractivity contribution in [3.05, 3.63) is 102 Å². The predicted octanol–water partition coefficient (Wildman–Crippen LogP) is 4.85. The van der Waals surface area contributed by atoms with Crippen LogP contribution in [-0.2, 0) is 0 Å². The zero-order valence-electron chi connectivity index (χ0n) is 17.5. The van der Waals surface area contributed by atoms with Crippen molar-refractivity contribution < 1.29 is 14.6 Å². The Balaban J connectivity index is 1.62. The van der Waals surface area contributed by atoms with Gasteiger partial charge in [0.1, 0.15) is 12.7 Å². The van der Waals surface area contributed by atoms with Gasteiger partial charge in [0, 0.05) is 6.54 Å². The van der Waals surface area contributed by atoms with Crippen LogP contribution in [0, 0.1) is 0 Å². The minimum Gasteiger partial charge on any atom is -0.493 e. The van der Waals surface area contributed by atoms with E-state index in [9.17, 15) is 5.11 Å². The minimum absolute atomic E-state index is 0.00305. The molecule has 0 saturated carbocycles. The minimum atomic E-state index is -0.667. The van der Waals surface area contributed by atoms with Crippen molar-refractivity contribution in [2.75, 3.05) is 20.3 Å². The van der Waals surface area contributed by atoms with Gasteiger partial charge in [0.25, 0.3) is 0 Å². The van der Waals surface area contributed by atoms with Crippen molar-refractivity contribution in [3.8, 4) is 11.5 Å². The highest BCUT2D eigenvalue weighted by molar-refractivity contribution is 5.55. The molecule has 0 aliphatic carbocycles. The number of rotatable bonds is 10. The molecular weight excluding hydrogens is 374 g/mol. The zero-order valence-corrected chi connectivity index (χ0v) is 17.5. The molecule has 4 nitrogen and oxygen atoms in total. The fourth-order valence-corrected chi connectivity index (χ4v) is 3.32. The lowest BCUT2D eigenvalue weighted by Gasteiger charge is -2.22. The first-order valence-corrected chi connectivity index (χ1v) is 10.2. The van der Waals surface area contributed by atoms with E-state index in [1.165, 1.54) is 0 Å². The van der Waals surface area contributed by atoms with E-state index in [0.717, 1.165) is 16.7 Å². The molecule has 3 rings (SSSR count). The van der Waals surface area contributed by atoms with Gasteiger partial charge in [-0.3, -0.25) is 0 Å². The van der Waals surface area contributed by atoms with Crippen LogP contribution in [0.15, 0.2) is 84.9 Å². The predicted molar refractivity (Wildman–Crippen MR) is 122 cm³/mol. The molecule has 0 aliphatic rings. The van der Waals surface area contributed by atoms with Crippen LogP contribution in [0.2, 0.25) is 0 Å². The maximum atomic E-state index is 10.5. The number of aliphatic hydroxyl groups excluding tert-OH is 1. The van der Waals surface area contributed by atoms with Crippen LogP contribution in [0.25, 0.3) is 6.08 Å². The van der Waals surface area contributed by atoms with Crippen LogP contribution in [0.5, 0.6) is 11.5 Å². The van der Waals surface area contributed by atoms with E-state index in [0.29, 0.717) is 18.0 Å². The highest BCUT2D eigenvalue weighted by Crippen LogP contribution is 2.29. The van der Waals surface area contributed by atoms with E-state index in [2.05, 4.69) is 29.6 Å². The number of hydrogen-bond donors (Lipinski definition) is 2. The number of hydrogen-bond acceptors (Lipinski definition) is 4. The second-order valence-electron chi connectivity index (χ2n) is 7.04. The molecule has 1 atom stereocenters. The van der Waals surface area contributed by atoms with Gasteiger partial charge in [-0.05, 0) is 35.7 Å². The Morgan fingerprint density at radius 3 is 2.10 bits per heavy atom. The van der Waals surface area contributed by atoms with Crippen molar-refractivity contribution in [2.24, 2.45) is 0 Å². The Labute approximate surface area is 178 Å². The smallest absolute Gasteiger partial charge is 0.161 e. The summed E-state index contributed by atoms with van der Waals surface area (Å²) in [4.78, 5) is 0. The van der Waals surface area contributed by atoms with E-state index in [4.69, 9.17) is 9.47 Å². The summed E-state index contributed by atoms with van der Waals surface area (Å²) in [5, 5.41) is 14.0. The number of methoxy groups -OCH3 is 1. The quantitative estimate of drug-likeness (QED) is 0.508. The number of benzene rings is 3. The van der Waals surface area contributed by atoms with E-state index in [-0.39, 0.29) is 12.6 Å². The number of ether oxygens (including phenoxy) is 2. The lowest BCUT2D eigenvalue weighted by molar-refractivity contribution is 0.103. The SMILES string of the molecule is C/C=C\c1ccc(OCC(O)CNC(c2ccccc2)c2ccccc2)c(OC)c1. The van der Waals surface area contributed by atoms with Gasteiger partial charge in [0.2, 0.25) is 0 Å². The number of aliphatic hydroxyl groups is 1. The molecule has 30 heavy (non-hydrogen) atoms. The molecule has 2 N–H and O–H groups in total. The summed E-state index contributed by atoms with van der Waals surface area (Å²) in [5.41, 5.74) is 3.34. The summed E-state index contributed by atoms with van der Waals surface area (Å²) in [6.45, 7) is 2.54. The molecule has 4 heteroatoms. The van der Waals surface area contributed by atoms with Crippen LogP contribution in [-0.4, -0.2) is 31.5 Å². The summed E-state index contributed by atoms with van der Waals surface area (Å²) in [6, 6.07) is 26.2. The summed E-state index contributed by atoms with van der Waals surface area (Å²) in [7, 11) is 1.62. The van der Waals surface area contributed by atoms with Crippen molar-refractivity contribution in [2.45, 2.75) is 19.1 Å². The second kappa shape index (κ2) is 11.2. The van der Waals surface area contributed by atoms with Gasteiger partial charge >= 0.3 is 0 Å². The summed E-state index contributed by atoms with van der Waals surface area (Å²) >= 11 is 0. The third kappa shape index (κ3) is 5.96. The molecule has 0 heterocycles. The third-order valence-electron chi connectivity index (χ3n) is 4.80. The molecule has 0 amide bonds.